The smallest absolute Gasteiger partial charge is 0.325 e. The number of rotatable bonds is 7. The van der Waals surface area contributed by atoms with Crippen LogP contribution >= 0.6 is 11.6 Å². The first-order valence-electron chi connectivity index (χ1n) is 10.2. The minimum atomic E-state index is -4.63. The van der Waals surface area contributed by atoms with E-state index in [9.17, 15) is 32.9 Å². The van der Waals surface area contributed by atoms with Gasteiger partial charge in [0.1, 0.15) is 5.69 Å². The second kappa shape index (κ2) is 10.8. The first-order chi connectivity index (χ1) is 16.0. The molecule has 1 aliphatic rings. The fourth-order valence-corrected chi connectivity index (χ4v) is 3.69. The highest BCUT2D eigenvalue weighted by molar-refractivity contribution is 6.31. The van der Waals surface area contributed by atoms with Gasteiger partial charge in [-0.15, -0.1) is 0 Å². The molecule has 3 rings (SSSR count). The Morgan fingerprint density at radius 1 is 0.971 bits per heavy atom. The monoisotopic (exact) mass is 499 g/mol. The number of piperazine rings is 1. The van der Waals surface area contributed by atoms with Crippen molar-refractivity contribution in [3.63, 3.8) is 0 Å². The number of anilines is 2. The summed E-state index contributed by atoms with van der Waals surface area (Å²) in [4.78, 5) is 38.7. The molecule has 9 nitrogen and oxygen atoms in total. The summed E-state index contributed by atoms with van der Waals surface area (Å²) in [5, 5.41) is 15.6. The summed E-state index contributed by atoms with van der Waals surface area (Å²) >= 11 is 5.59. The molecule has 0 saturated carbocycles. The zero-order valence-corrected chi connectivity index (χ0v) is 18.5. The third kappa shape index (κ3) is 6.89. The number of nitro groups is 1. The molecule has 34 heavy (non-hydrogen) atoms. The molecular weight excluding hydrogens is 479 g/mol. The van der Waals surface area contributed by atoms with E-state index >= 15 is 0 Å². The number of nitro benzene ring substituents is 1. The van der Waals surface area contributed by atoms with E-state index in [1.807, 2.05) is 9.80 Å². The molecule has 1 heterocycles. The van der Waals surface area contributed by atoms with Crippen LogP contribution in [0.4, 0.5) is 30.2 Å². The van der Waals surface area contributed by atoms with Gasteiger partial charge < -0.3 is 10.6 Å². The van der Waals surface area contributed by atoms with Gasteiger partial charge in [-0.2, -0.15) is 13.2 Å². The maximum Gasteiger partial charge on any atom is 0.417 e. The number of benzene rings is 2. The van der Waals surface area contributed by atoms with Crippen molar-refractivity contribution in [1.29, 1.82) is 0 Å². The molecule has 1 saturated heterocycles. The number of nitrogens with one attached hydrogen (secondary N) is 2. The quantitative estimate of drug-likeness (QED) is 0.446. The highest BCUT2D eigenvalue weighted by Gasteiger charge is 2.33. The zero-order valence-electron chi connectivity index (χ0n) is 17.8. The number of hydrogen-bond acceptors (Lipinski definition) is 6. The summed E-state index contributed by atoms with van der Waals surface area (Å²) in [6.07, 6.45) is -4.63. The van der Waals surface area contributed by atoms with E-state index in [1.165, 1.54) is 24.3 Å². The lowest BCUT2D eigenvalue weighted by Gasteiger charge is -2.33. The molecule has 0 radical (unpaired) electrons. The molecule has 0 unspecified atom stereocenters. The van der Waals surface area contributed by atoms with Crippen molar-refractivity contribution in [1.82, 2.24) is 9.80 Å². The first kappa shape index (κ1) is 25.4. The van der Waals surface area contributed by atoms with Crippen molar-refractivity contribution in [2.45, 2.75) is 6.18 Å². The van der Waals surface area contributed by atoms with Crippen molar-refractivity contribution < 1.29 is 27.7 Å². The minimum Gasteiger partial charge on any atom is -0.325 e. The average molecular weight is 500 g/mol. The van der Waals surface area contributed by atoms with Gasteiger partial charge in [-0.05, 0) is 24.3 Å². The number of halogens is 4. The Morgan fingerprint density at radius 2 is 1.53 bits per heavy atom. The molecule has 0 spiro atoms. The SMILES string of the molecule is O=C(CN1CCN(CC(=O)Nc2ccccc2[N+](=O)[O-])CC1)Nc1ccc(Cl)c(C(F)(F)F)c1. The lowest BCUT2D eigenvalue weighted by molar-refractivity contribution is -0.383. The fraction of sp³-hybridized carbons (Fsp3) is 0.333. The summed E-state index contributed by atoms with van der Waals surface area (Å²) in [6, 6.07) is 8.99. The van der Waals surface area contributed by atoms with Gasteiger partial charge in [0.15, 0.2) is 0 Å². The lowest BCUT2D eigenvalue weighted by Crippen LogP contribution is -2.50. The van der Waals surface area contributed by atoms with E-state index in [1.54, 1.807) is 6.07 Å². The Labute approximate surface area is 197 Å². The van der Waals surface area contributed by atoms with E-state index in [0.29, 0.717) is 26.2 Å². The molecule has 0 aliphatic carbocycles. The van der Waals surface area contributed by atoms with Crippen LogP contribution in [-0.2, 0) is 15.8 Å². The van der Waals surface area contributed by atoms with Crippen molar-refractivity contribution in [3.05, 3.63) is 63.2 Å². The van der Waals surface area contributed by atoms with E-state index in [0.717, 1.165) is 12.1 Å². The second-order valence-corrected chi connectivity index (χ2v) is 8.02. The van der Waals surface area contributed by atoms with Crippen LogP contribution in [0.1, 0.15) is 5.56 Å². The van der Waals surface area contributed by atoms with Crippen LogP contribution < -0.4 is 10.6 Å². The number of alkyl halides is 3. The first-order valence-corrected chi connectivity index (χ1v) is 10.6. The third-order valence-electron chi connectivity index (χ3n) is 5.13. The zero-order chi connectivity index (χ0) is 24.9. The number of carbonyl (C=O) groups excluding carboxylic acids is 2. The molecule has 0 atom stereocenters. The number of amides is 2. The van der Waals surface area contributed by atoms with Crippen LogP contribution in [0, 0.1) is 10.1 Å². The van der Waals surface area contributed by atoms with Crippen LogP contribution in [0.15, 0.2) is 42.5 Å². The molecule has 2 amide bonds. The summed E-state index contributed by atoms with van der Waals surface area (Å²) in [5.74, 6) is -0.873. The fourth-order valence-electron chi connectivity index (χ4n) is 3.46. The van der Waals surface area contributed by atoms with E-state index < -0.39 is 33.5 Å². The molecule has 2 aromatic carbocycles. The predicted octanol–water partition coefficient (Wildman–Crippen LogP) is 3.46. The molecule has 0 aromatic heterocycles. The van der Waals surface area contributed by atoms with Gasteiger partial charge in [0.05, 0.1) is 28.6 Å². The second-order valence-electron chi connectivity index (χ2n) is 7.62. The highest BCUT2D eigenvalue weighted by atomic mass is 35.5. The van der Waals surface area contributed by atoms with Crippen LogP contribution in [0.2, 0.25) is 5.02 Å². The largest absolute Gasteiger partial charge is 0.417 e. The third-order valence-corrected chi connectivity index (χ3v) is 5.46. The van der Waals surface area contributed by atoms with Gasteiger partial charge in [0.25, 0.3) is 5.69 Å². The van der Waals surface area contributed by atoms with E-state index in [-0.39, 0.29) is 30.2 Å². The van der Waals surface area contributed by atoms with Gasteiger partial charge in [0, 0.05) is 37.9 Å². The number of carbonyl (C=O) groups is 2. The maximum atomic E-state index is 13.0. The van der Waals surface area contributed by atoms with Crippen LogP contribution in [0.3, 0.4) is 0 Å². The number of para-hydroxylation sites is 2. The predicted molar refractivity (Wildman–Crippen MR) is 120 cm³/mol. The summed E-state index contributed by atoms with van der Waals surface area (Å²) in [7, 11) is 0. The topological polar surface area (TPSA) is 108 Å². The normalized spacial score (nSPS) is 15.1. The molecule has 182 valence electrons. The van der Waals surface area contributed by atoms with Crippen molar-refractivity contribution in [2.24, 2.45) is 0 Å². The molecule has 0 bridgehead atoms. The van der Waals surface area contributed by atoms with Crippen LogP contribution in [-0.4, -0.2) is 65.8 Å². The maximum absolute atomic E-state index is 13.0. The molecule has 2 aromatic rings. The Kier molecular flexibility index (Phi) is 8.07. The number of hydrogen-bond donors (Lipinski definition) is 2. The Bertz CT molecular complexity index is 1070. The minimum absolute atomic E-state index is 0.00737. The molecule has 1 fully saturated rings. The summed E-state index contributed by atoms with van der Waals surface area (Å²) < 4.78 is 38.9. The molecular formula is C21H21ClF3N5O4. The van der Waals surface area contributed by atoms with Gasteiger partial charge in [-0.25, -0.2) is 0 Å². The molecule has 13 heteroatoms. The number of nitrogens with zero attached hydrogens (tertiary/aromatic N) is 3. The van der Waals surface area contributed by atoms with Crippen molar-refractivity contribution >= 4 is 40.5 Å². The van der Waals surface area contributed by atoms with Gasteiger partial charge in [-0.3, -0.25) is 29.5 Å². The van der Waals surface area contributed by atoms with E-state index in [4.69, 9.17) is 11.6 Å². The summed E-state index contributed by atoms with van der Waals surface area (Å²) in [5.41, 5.74) is -1.12. The van der Waals surface area contributed by atoms with Gasteiger partial charge >= 0.3 is 6.18 Å². The highest BCUT2D eigenvalue weighted by Crippen LogP contribution is 2.36. The van der Waals surface area contributed by atoms with Gasteiger partial charge in [-0.1, -0.05) is 23.7 Å². The van der Waals surface area contributed by atoms with Crippen molar-refractivity contribution in [3.8, 4) is 0 Å². The standard InChI is InChI=1S/C21H21ClF3N5O4/c22-16-6-5-14(11-15(16)21(23,24)25)26-19(31)12-28-7-9-29(10-8-28)13-20(32)27-17-3-1-2-4-18(17)30(33)34/h1-6,11H,7-10,12-13H2,(H,26,31)(H,27,32). The summed E-state index contributed by atoms with van der Waals surface area (Å²) in [6.45, 7) is 1.85. The van der Waals surface area contributed by atoms with Crippen LogP contribution in [0.5, 0.6) is 0 Å². The van der Waals surface area contributed by atoms with Crippen LogP contribution in [0.25, 0.3) is 0 Å². The Hall–Kier alpha value is -3.22. The Morgan fingerprint density at radius 3 is 2.09 bits per heavy atom. The molecule has 2 N–H and O–H groups in total. The van der Waals surface area contributed by atoms with E-state index in [2.05, 4.69) is 10.6 Å². The van der Waals surface area contributed by atoms with Gasteiger partial charge in [0.2, 0.25) is 11.8 Å². The molecule has 1 aliphatic heterocycles. The lowest BCUT2D eigenvalue weighted by atomic mass is 10.2. The van der Waals surface area contributed by atoms with Crippen molar-refractivity contribution in [2.75, 3.05) is 49.9 Å². The average Bonchev–Trinajstić information content (AvgIpc) is 2.76. The Balaban J connectivity index is 1.46.